The number of methoxy groups -OCH3 is 1. The van der Waals surface area contributed by atoms with Crippen LogP contribution in [0.15, 0.2) is 87.5 Å². The fourth-order valence-corrected chi connectivity index (χ4v) is 5.84. The van der Waals surface area contributed by atoms with Crippen LogP contribution in [0, 0.1) is 0 Å². The van der Waals surface area contributed by atoms with E-state index in [1.807, 2.05) is 30.5 Å². The molecule has 2 aromatic heterocycles. The van der Waals surface area contributed by atoms with Gasteiger partial charge in [-0.05, 0) is 72.4 Å². The molecule has 0 saturated heterocycles. The van der Waals surface area contributed by atoms with Crippen molar-refractivity contribution < 1.29 is 13.2 Å². The normalized spacial score (nSPS) is 13.1. The summed E-state index contributed by atoms with van der Waals surface area (Å²) in [6.07, 6.45) is 4.45. The van der Waals surface area contributed by atoms with Gasteiger partial charge in [0.1, 0.15) is 10.6 Å². The number of nitrogens with one attached hydrogen (secondary N) is 1. The van der Waals surface area contributed by atoms with E-state index in [0.717, 1.165) is 41.0 Å². The molecule has 0 unspecified atom stereocenters. The molecule has 1 aliphatic carbocycles. The number of ether oxygens (including phenoxy) is 1. The molecule has 6 nitrogen and oxygen atoms in total. The Morgan fingerprint density at radius 2 is 1.76 bits per heavy atom. The number of pyridine rings is 1. The van der Waals surface area contributed by atoms with Crippen molar-refractivity contribution in [1.82, 2.24) is 9.55 Å². The number of fused-ring (bicyclic) bond motifs is 3. The molecule has 2 heterocycles. The summed E-state index contributed by atoms with van der Waals surface area (Å²) in [6.45, 7) is 0.609. The molecule has 5 rings (SSSR count). The lowest BCUT2D eigenvalue weighted by Gasteiger charge is -2.15. The average molecular weight is 461 g/mol. The lowest BCUT2D eigenvalue weighted by Crippen LogP contribution is -2.20. The first-order valence-corrected chi connectivity index (χ1v) is 12.3. The highest BCUT2D eigenvalue weighted by Gasteiger charge is 2.26. The Balaban J connectivity index is 1.61. The van der Waals surface area contributed by atoms with Gasteiger partial charge in [0.05, 0.1) is 23.4 Å². The van der Waals surface area contributed by atoms with Gasteiger partial charge in [-0.25, -0.2) is 8.42 Å². The predicted octanol–water partition coefficient (Wildman–Crippen LogP) is 4.22. The number of sulfone groups is 1. The highest BCUT2D eigenvalue weighted by Crippen LogP contribution is 2.33. The monoisotopic (exact) mass is 460 g/mol. The van der Waals surface area contributed by atoms with E-state index in [2.05, 4.69) is 15.6 Å². The molecule has 0 bridgehead atoms. The first kappa shape index (κ1) is 21.3. The molecule has 0 fully saturated rings. The van der Waals surface area contributed by atoms with Crippen molar-refractivity contribution in [3.63, 3.8) is 0 Å². The Kier molecular flexibility index (Phi) is 5.42. The summed E-state index contributed by atoms with van der Waals surface area (Å²) in [5.74, 6) is 0.787. The van der Waals surface area contributed by atoms with E-state index in [1.165, 1.54) is 12.1 Å². The number of hydrogen-bond acceptors (Lipinski definition) is 4. The number of aromatic amines is 1. The molecule has 1 aliphatic rings. The Morgan fingerprint density at radius 1 is 0.970 bits per heavy atom. The summed E-state index contributed by atoms with van der Waals surface area (Å²) < 4.78 is 33.8. The van der Waals surface area contributed by atoms with Gasteiger partial charge in [-0.2, -0.15) is 0 Å². The van der Waals surface area contributed by atoms with E-state index in [9.17, 15) is 13.2 Å². The summed E-state index contributed by atoms with van der Waals surface area (Å²) in [5, 5.41) is 0. The van der Waals surface area contributed by atoms with Gasteiger partial charge in [-0.3, -0.25) is 4.79 Å². The lowest BCUT2D eigenvalue weighted by atomic mass is 10.1. The van der Waals surface area contributed by atoms with E-state index < -0.39 is 15.4 Å². The minimum atomic E-state index is -3.91. The first-order valence-electron chi connectivity index (χ1n) is 10.8. The molecule has 4 aromatic rings. The second-order valence-corrected chi connectivity index (χ2v) is 10.1. The molecule has 0 atom stereocenters. The number of aryl methyl sites for hydroxylation is 2. The van der Waals surface area contributed by atoms with Crippen molar-refractivity contribution >= 4 is 9.84 Å². The summed E-state index contributed by atoms with van der Waals surface area (Å²) in [6, 6.07) is 19.6. The van der Waals surface area contributed by atoms with Crippen LogP contribution in [0.2, 0.25) is 0 Å². The van der Waals surface area contributed by atoms with E-state index in [0.29, 0.717) is 18.7 Å². The van der Waals surface area contributed by atoms with Gasteiger partial charge in [0.25, 0.3) is 5.56 Å². The molecule has 0 radical (unpaired) electrons. The quantitative estimate of drug-likeness (QED) is 0.484. The summed E-state index contributed by atoms with van der Waals surface area (Å²) in [4.78, 5) is 15.9. The van der Waals surface area contributed by atoms with Crippen molar-refractivity contribution in [2.24, 2.45) is 0 Å². The van der Waals surface area contributed by atoms with Crippen molar-refractivity contribution in [1.29, 1.82) is 0 Å². The second kappa shape index (κ2) is 8.41. The van der Waals surface area contributed by atoms with E-state index in [-0.39, 0.29) is 9.79 Å². The standard InChI is InChI=1S/C26H24N2O4S/c1-32-21-10-5-7-18(15-21)17-28-14-13-19-8-6-9-20-16-23(26(29)27-24(20)25(19)28)33(30,31)22-11-3-2-4-12-22/h2-5,7,10-16H,6,8-9,17H2,1H3,(H,27,29). The largest absolute Gasteiger partial charge is 0.497 e. The SMILES string of the molecule is COc1cccc(Cn2ccc3c2-c2[nH]c(=O)c(S(=O)(=O)c4ccccc4)cc2CCC3)c1. The summed E-state index contributed by atoms with van der Waals surface area (Å²) in [7, 11) is -2.27. The van der Waals surface area contributed by atoms with Crippen molar-refractivity contribution in [2.45, 2.75) is 35.6 Å². The van der Waals surface area contributed by atoms with E-state index in [4.69, 9.17) is 4.74 Å². The first-order chi connectivity index (χ1) is 16.0. The Morgan fingerprint density at radius 3 is 2.55 bits per heavy atom. The number of aromatic nitrogens is 2. The highest BCUT2D eigenvalue weighted by atomic mass is 32.2. The smallest absolute Gasteiger partial charge is 0.267 e. The second-order valence-electron chi connectivity index (χ2n) is 8.20. The number of rotatable bonds is 5. The Bertz CT molecular complexity index is 1480. The van der Waals surface area contributed by atoms with Crippen LogP contribution in [0.25, 0.3) is 11.4 Å². The highest BCUT2D eigenvalue weighted by molar-refractivity contribution is 7.91. The summed E-state index contributed by atoms with van der Waals surface area (Å²) in [5.41, 5.74) is 4.10. The third-order valence-corrected chi connectivity index (χ3v) is 7.87. The zero-order chi connectivity index (χ0) is 23.0. The van der Waals surface area contributed by atoms with Crippen LogP contribution in [0.1, 0.15) is 23.1 Å². The predicted molar refractivity (Wildman–Crippen MR) is 127 cm³/mol. The molecular formula is C26H24N2O4S. The van der Waals surface area contributed by atoms with Crippen LogP contribution in [-0.2, 0) is 29.2 Å². The number of H-pyrrole nitrogens is 1. The zero-order valence-corrected chi connectivity index (χ0v) is 19.1. The maximum Gasteiger partial charge on any atom is 0.267 e. The molecule has 0 saturated carbocycles. The molecule has 7 heteroatoms. The van der Waals surface area contributed by atoms with Crippen LogP contribution in [0.5, 0.6) is 5.75 Å². The third-order valence-electron chi connectivity index (χ3n) is 6.09. The van der Waals surface area contributed by atoms with E-state index in [1.54, 1.807) is 31.4 Å². The molecule has 1 N–H and O–H groups in total. The van der Waals surface area contributed by atoms with Crippen LogP contribution in [-0.4, -0.2) is 25.1 Å². The minimum Gasteiger partial charge on any atom is -0.497 e. The number of benzene rings is 2. The van der Waals surface area contributed by atoms with Gasteiger partial charge in [0.15, 0.2) is 0 Å². The van der Waals surface area contributed by atoms with Crippen LogP contribution in [0.3, 0.4) is 0 Å². The van der Waals surface area contributed by atoms with Gasteiger partial charge in [-0.15, -0.1) is 0 Å². The number of nitrogens with zero attached hydrogens (tertiary/aromatic N) is 1. The van der Waals surface area contributed by atoms with Gasteiger partial charge < -0.3 is 14.3 Å². The Hall–Kier alpha value is -3.58. The zero-order valence-electron chi connectivity index (χ0n) is 18.2. The van der Waals surface area contributed by atoms with Crippen molar-refractivity contribution in [3.8, 4) is 17.1 Å². The molecule has 0 aliphatic heterocycles. The Labute approximate surface area is 192 Å². The van der Waals surface area contributed by atoms with Gasteiger partial charge in [0, 0.05) is 12.7 Å². The maximum absolute atomic E-state index is 13.2. The van der Waals surface area contributed by atoms with Crippen LogP contribution >= 0.6 is 0 Å². The molecule has 0 amide bonds. The van der Waals surface area contributed by atoms with Gasteiger partial charge in [-0.1, -0.05) is 30.3 Å². The fraction of sp³-hybridized carbons (Fsp3) is 0.192. The molecular weight excluding hydrogens is 436 g/mol. The topological polar surface area (TPSA) is 81.2 Å². The minimum absolute atomic E-state index is 0.117. The third kappa shape index (κ3) is 3.89. The maximum atomic E-state index is 13.2. The van der Waals surface area contributed by atoms with E-state index >= 15 is 0 Å². The van der Waals surface area contributed by atoms with Crippen molar-refractivity contribution in [3.05, 3.63) is 100.0 Å². The van der Waals surface area contributed by atoms with Gasteiger partial charge >= 0.3 is 0 Å². The molecule has 168 valence electrons. The van der Waals surface area contributed by atoms with Crippen LogP contribution < -0.4 is 10.3 Å². The molecule has 2 aromatic carbocycles. The van der Waals surface area contributed by atoms with Crippen LogP contribution in [0.4, 0.5) is 0 Å². The van der Waals surface area contributed by atoms with Gasteiger partial charge in [0.2, 0.25) is 9.84 Å². The molecule has 33 heavy (non-hydrogen) atoms. The van der Waals surface area contributed by atoms with Crippen molar-refractivity contribution in [2.75, 3.05) is 7.11 Å². The number of hydrogen-bond donors (Lipinski definition) is 1. The average Bonchev–Trinajstić information content (AvgIpc) is 3.12. The molecule has 0 spiro atoms. The lowest BCUT2D eigenvalue weighted by molar-refractivity contribution is 0.414. The summed E-state index contributed by atoms with van der Waals surface area (Å²) >= 11 is 0. The fourth-order valence-electron chi connectivity index (χ4n) is 4.48.